The van der Waals surface area contributed by atoms with Gasteiger partial charge in [-0.25, -0.2) is 0 Å². The van der Waals surface area contributed by atoms with Gasteiger partial charge in [-0.1, -0.05) is 17.7 Å². The van der Waals surface area contributed by atoms with Crippen LogP contribution in [0.2, 0.25) is 6.04 Å². The van der Waals surface area contributed by atoms with Gasteiger partial charge in [-0.05, 0) is 46.2 Å². The maximum Gasteiger partial charge on any atom is 0.500 e. The Morgan fingerprint density at radius 3 is 2.22 bits per heavy atom. The molecule has 0 aromatic heterocycles. The van der Waals surface area contributed by atoms with E-state index in [1.807, 2.05) is 52.0 Å². The largest absolute Gasteiger partial charge is 0.500 e. The average Bonchev–Trinajstić information content (AvgIpc) is 2.52. The molecule has 1 N–H and O–H groups in total. The molecule has 0 aliphatic heterocycles. The van der Waals surface area contributed by atoms with Gasteiger partial charge in [-0.15, -0.1) is 0 Å². The Morgan fingerprint density at radius 2 is 1.70 bits per heavy atom. The number of carbonyl (C=O) groups is 1. The molecule has 5 nitrogen and oxygen atoms in total. The van der Waals surface area contributed by atoms with Crippen LogP contribution >= 0.6 is 0 Å². The topological polar surface area (TPSA) is 56.8 Å². The lowest BCUT2D eigenvalue weighted by molar-refractivity contribution is 0.0705. The van der Waals surface area contributed by atoms with Crippen molar-refractivity contribution in [2.45, 2.75) is 40.2 Å². The first-order chi connectivity index (χ1) is 11.1. The lowest BCUT2D eigenvalue weighted by Gasteiger charge is -2.28. The van der Waals surface area contributed by atoms with E-state index in [1.54, 1.807) is 0 Å². The van der Waals surface area contributed by atoms with Crippen LogP contribution in [0.5, 0.6) is 0 Å². The maximum atomic E-state index is 12.1. The summed E-state index contributed by atoms with van der Waals surface area (Å²) in [6.07, 6.45) is 0.768. The van der Waals surface area contributed by atoms with Crippen LogP contribution in [-0.2, 0) is 13.3 Å². The molecule has 0 atom stereocenters. The smallest absolute Gasteiger partial charge is 0.374 e. The molecule has 1 aromatic rings. The summed E-state index contributed by atoms with van der Waals surface area (Å²) < 4.78 is 17.4. The number of benzene rings is 1. The van der Waals surface area contributed by atoms with Crippen molar-refractivity contribution in [2.75, 3.05) is 26.4 Å². The van der Waals surface area contributed by atoms with E-state index in [2.05, 4.69) is 5.32 Å². The van der Waals surface area contributed by atoms with Crippen molar-refractivity contribution >= 4 is 14.7 Å². The number of nitrogens with one attached hydrogen (secondary N) is 1. The van der Waals surface area contributed by atoms with Crippen LogP contribution < -0.4 is 5.32 Å². The third-order valence-corrected chi connectivity index (χ3v) is 6.47. The minimum absolute atomic E-state index is 0.0507. The first-order valence-electron chi connectivity index (χ1n) is 8.33. The third kappa shape index (κ3) is 6.82. The number of hydrogen-bond donors (Lipinski definition) is 1. The first kappa shape index (κ1) is 19.8. The van der Waals surface area contributed by atoms with Crippen LogP contribution in [0.1, 0.15) is 43.1 Å². The first-order valence-corrected chi connectivity index (χ1v) is 10.3. The predicted molar refractivity (Wildman–Crippen MR) is 93.6 cm³/mol. The molecule has 0 heterocycles. The molecule has 0 unspecified atom stereocenters. The van der Waals surface area contributed by atoms with Crippen molar-refractivity contribution in [3.05, 3.63) is 35.4 Å². The highest BCUT2D eigenvalue weighted by Crippen LogP contribution is 2.17. The van der Waals surface area contributed by atoms with Crippen LogP contribution in [0.25, 0.3) is 0 Å². The highest BCUT2D eigenvalue weighted by atomic mass is 28.4. The van der Waals surface area contributed by atoms with E-state index < -0.39 is 8.80 Å². The summed E-state index contributed by atoms with van der Waals surface area (Å²) in [5.74, 6) is -0.0507. The highest BCUT2D eigenvalue weighted by Gasteiger charge is 2.39. The molecule has 0 saturated carbocycles. The quantitative estimate of drug-likeness (QED) is 0.497. The van der Waals surface area contributed by atoms with Gasteiger partial charge < -0.3 is 18.6 Å². The molecule has 0 saturated heterocycles. The molecule has 0 aliphatic rings. The highest BCUT2D eigenvalue weighted by molar-refractivity contribution is 6.60. The molecule has 0 spiro atoms. The fourth-order valence-electron chi connectivity index (χ4n) is 2.40. The Kier molecular flexibility index (Phi) is 9.09. The summed E-state index contributed by atoms with van der Waals surface area (Å²) in [4.78, 5) is 12.1. The Bertz CT molecular complexity index is 464. The minimum Gasteiger partial charge on any atom is -0.374 e. The second-order valence-corrected chi connectivity index (χ2v) is 7.94. The molecule has 1 amide bonds. The lowest BCUT2D eigenvalue weighted by Crippen LogP contribution is -2.46. The van der Waals surface area contributed by atoms with Crippen molar-refractivity contribution < 1.29 is 18.1 Å². The van der Waals surface area contributed by atoms with Crippen molar-refractivity contribution in [3.63, 3.8) is 0 Å². The van der Waals surface area contributed by atoms with Crippen LogP contribution in [0.3, 0.4) is 0 Å². The number of carbonyl (C=O) groups excluding carboxylic acids is 1. The molecule has 23 heavy (non-hydrogen) atoms. The molecule has 0 aliphatic carbocycles. The maximum absolute atomic E-state index is 12.1. The molecule has 0 fully saturated rings. The number of rotatable bonds is 11. The average molecular weight is 340 g/mol. The normalized spacial score (nSPS) is 11.5. The number of hydrogen-bond acceptors (Lipinski definition) is 4. The van der Waals surface area contributed by atoms with Gasteiger partial charge >= 0.3 is 8.80 Å². The molecule has 0 radical (unpaired) electrons. The molecule has 1 rings (SSSR count). The summed E-state index contributed by atoms with van der Waals surface area (Å²) in [6.45, 7) is 10.1. The third-order valence-electron chi connectivity index (χ3n) is 3.32. The summed E-state index contributed by atoms with van der Waals surface area (Å²) in [5.41, 5.74) is 1.76. The summed E-state index contributed by atoms with van der Waals surface area (Å²) in [6, 6.07) is 8.28. The van der Waals surface area contributed by atoms with E-state index in [0.717, 1.165) is 12.0 Å². The second kappa shape index (κ2) is 10.5. The molecular weight excluding hydrogens is 310 g/mol. The fraction of sp³-hybridized carbons (Fsp3) is 0.588. The molecule has 6 heteroatoms. The van der Waals surface area contributed by atoms with Gasteiger partial charge in [-0.2, -0.15) is 0 Å². The number of amides is 1. The Labute approximate surface area is 140 Å². The van der Waals surface area contributed by atoms with Gasteiger partial charge in [0.25, 0.3) is 5.91 Å². The van der Waals surface area contributed by atoms with Gasteiger partial charge in [0.2, 0.25) is 0 Å². The van der Waals surface area contributed by atoms with E-state index in [0.29, 0.717) is 38.0 Å². The second-order valence-electron chi connectivity index (χ2n) is 5.21. The van der Waals surface area contributed by atoms with Crippen molar-refractivity contribution in [1.29, 1.82) is 0 Å². The van der Waals surface area contributed by atoms with Crippen LogP contribution in [0, 0.1) is 6.92 Å². The van der Waals surface area contributed by atoms with Crippen molar-refractivity contribution in [3.8, 4) is 0 Å². The molecule has 0 bridgehead atoms. The van der Waals surface area contributed by atoms with E-state index in [9.17, 15) is 4.79 Å². The van der Waals surface area contributed by atoms with E-state index in [-0.39, 0.29) is 5.91 Å². The number of aryl methyl sites for hydroxylation is 1. The van der Waals surface area contributed by atoms with Crippen LogP contribution in [0.15, 0.2) is 24.3 Å². The van der Waals surface area contributed by atoms with Crippen molar-refractivity contribution in [2.24, 2.45) is 0 Å². The van der Waals surface area contributed by atoms with Gasteiger partial charge in [0.1, 0.15) is 0 Å². The lowest BCUT2D eigenvalue weighted by atomic mass is 10.1. The van der Waals surface area contributed by atoms with Crippen LogP contribution in [0.4, 0.5) is 0 Å². The minimum atomic E-state index is -2.61. The van der Waals surface area contributed by atoms with Crippen LogP contribution in [-0.4, -0.2) is 41.1 Å². The summed E-state index contributed by atoms with van der Waals surface area (Å²) >= 11 is 0. The Balaban J connectivity index is 2.48. The molecular formula is C17H29NO4Si. The molecule has 130 valence electrons. The van der Waals surface area contributed by atoms with Gasteiger partial charge in [0.05, 0.1) is 0 Å². The fourth-order valence-corrected chi connectivity index (χ4v) is 5.01. The standard InChI is InChI=1S/C17H29NO4Si/c1-5-20-23(21-6-2,22-7-3)13-9-12-18-17(19)16-11-8-10-15(4)14-16/h8,10-11,14H,5-7,9,12-13H2,1-4H3,(H,18,19). The van der Waals surface area contributed by atoms with E-state index in [1.165, 1.54) is 0 Å². The Hall–Kier alpha value is -1.21. The monoisotopic (exact) mass is 339 g/mol. The van der Waals surface area contributed by atoms with E-state index in [4.69, 9.17) is 13.3 Å². The zero-order chi connectivity index (χ0) is 17.1. The zero-order valence-electron chi connectivity index (χ0n) is 14.7. The van der Waals surface area contributed by atoms with E-state index >= 15 is 0 Å². The Morgan fingerprint density at radius 1 is 1.09 bits per heavy atom. The predicted octanol–water partition coefficient (Wildman–Crippen LogP) is 3.16. The van der Waals surface area contributed by atoms with Gasteiger partial charge in [0, 0.05) is 38.0 Å². The zero-order valence-corrected chi connectivity index (χ0v) is 15.7. The van der Waals surface area contributed by atoms with Gasteiger partial charge in [0.15, 0.2) is 0 Å². The summed E-state index contributed by atoms with van der Waals surface area (Å²) in [7, 11) is -2.61. The summed E-state index contributed by atoms with van der Waals surface area (Å²) in [5, 5.41) is 2.94. The molecule has 1 aromatic carbocycles. The van der Waals surface area contributed by atoms with Crippen molar-refractivity contribution in [1.82, 2.24) is 5.32 Å². The van der Waals surface area contributed by atoms with Gasteiger partial charge in [-0.3, -0.25) is 4.79 Å². The SMILES string of the molecule is CCO[Si](CCCNC(=O)c1cccc(C)c1)(OCC)OCC.